The van der Waals surface area contributed by atoms with Gasteiger partial charge in [0.05, 0.1) is 5.69 Å². The van der Waals surface area contributed by atoms with Gasteiger partial charge in [-0.05, 0) is 50.3 Å². The topological polar surface area (TPSA) is 62.3 Å². The zero-order valence-electron chi connectivity index (χ0n) is 16.0. The molecule has 1 aromatic heterocycles. The number of aryl methyl sites for hydroxylation is 1. The zero-order chi connectivity index (χ0) is 19.1. The van der Waals surface area contributed by atoms with Crippen molar-refractivity contribution in [2.24, 2.45) is 11.8 Å². The second kappa shape index (κ2) is 7.08. The number of fused-ring (bicyclic) bond motifs is 1. The largest absolute Gasteiger partial charge is 0.312 e. The maximum atomic E-state index is 12.4. The number of nitrogens with one attached hydrogen (secondary N) is 1. The highest BCUT2D eigenvalue weighted by Gasteiger charge is 2.36. The van der Waals surface area contributed by atoms with Crippen molar-refractivity contribution in [3.8, 4) is 11.3 Å². The highest BCUT2D eigenvalue weighted by molar-refractivity contribution is 7.16. The molecule has 1 fully saturated rings. The van der Waals surface area contributed by atoms with Gasteiger partial charge in [-0.3, -0.25) is 9.59 Å². The molecule has 1 saturated carbocycles. The first-order chi connectivity index (χ1) is 13.0. The van der Waals surface area contributed by atoms with Gasteiger partial charge < -0.3 is 10.2 Å². The number of hydrogen-bond donors (Lipinski definition) is 1. The van der Waals surface area contributed by atoms with Crippen LogP contribution in [0.3, 0.4) is 0 Å². The van der Waals surface area contributed by atoms with Crippen molar-refractivity contribution in [1.29, 1.82) is 0 Å². The van der Waals surface area contributed by atoms with Gasteiger partial charge in [-0.15, -0.1) is 11.3 Å². The molecule has 0 radical (unpaired) electrons. The summed E-state index contributed by atoms with van der Waals surface area (Å²) in [6.07, 6.45) is 3.77. The molecule has 2 aromatic rings. The second-order valence-corrected chi connectivity index (χ2v) is 8.78. The summed E-state index contributed by atoms with van der Waals surface area (Å²) in [5, 5.41) is 3.58. The third-order valence-corrected chi connectivity index (χ3v) is 6.41. The van der Waals surface area contributed by atoms with Gasteiger partial charge in [0.1, 0.15) is 0 Å². The number of rotatable bonds is 5. The molecule has 1 unspecified atom stereocenters. The normalized spacial score (nSPS) is 16.9. The Labute approximate surface area is 163 Å². The van der Waals surface area contributed by atoms with Crippen LogP contribution in [0.5, 0.6) is 0 Å². The highest BCUT2D eigenvalue weighted by Crippen LogP contribution is 2.39. The molecular weight excluding hydrogens is 358 g/mol. The SMILES string of the molecule is CCC(C)C(=O)Nc1nc(-c2ccc3c(c2)CCN3C(=O)C2CC2)c(C)s1. The summed E-state index contributed by atoms with van der Waals surface area (Å²) in [6, 6.07) is 6.24. The van der Waals surface area contributed by atoms with Crippen molar-refractivity contribution in [3.63, 3.8) is 0 Å². The van der Waals surface area contributed by atoms with Crippen LogP contribution in [0.25, 0.3) is 11.3 Å². The summed E-state index contributed by atoms with van der Waals surface area (Å²) in [4.78, 5) is 32.3. The molecule has 0 bridgehead atoms. The van der Waals surface area contributed by atoms with Crippen molar-refractivity contribution >= 4 is 34.0 Å². The van der Waals surface area contributed by atoms with E-state index in [9.17, 15) is 9.59 Å². The molecule has 2 amide bonds. The summed E-state index contributed by atoms with van der Waals surface area (Å²) in [6.45, 7) is 6.74. The Morgan fingerprint density at radius 1 is 1.37 bits per heavy atom. The first kappa shape index (κ1) is 18.2. The predicted molar refractivity (Wildman–Crippen MR) is 109 cm³/mol. The van der Waals surface area contributed by atoms with Crippen LogP contribution in [-0.2, 0) is 16.0 Å². The van der Waals surface area contributed by atoms with Crippen LogP contribution in [-0.4, -0.2) is 23.3 Å². The quantitative estimate of drug-likeness (QED) is 0.832. The van der Waals surface area contributed by atoms with E-state index >= 15 is 0 Å². The molecule has 0 saturated heterocycles. The minimum atomic E-state index is -0.0207. The van der Waals surface area contributed by atoms with E-state index in [1.807, 2.05) is 37.8 Å². The van der Waals surface area contributed by atoms with Crippen LogP contribution >= 0.6 is 11.3 Å². The number of benzene rings is 1. The van der Waals surface area contributed by atoms with Gasteiger partial charge in [0, 0.05) is 34.5 Å². The molecule has 1 N–H and O–H groups in total. The van der Waals surface area contributed by atoms with E-state index in [2.05, 4.69) is 16.4 Å². The first-order valence-corrected chi connectivity index (χ1v) is 10.5. The molecule has 2 aliphatic rings. The maximum Gasteiger partial charge on any atom is 0.230 e. The molecule has 0 spiro atoms. The third kappa shape index (κ3) is 3.50. The number of carbonyl (C=O) groups excluding carboxylic acids is 2. The number of nitrogens with zero attached hydrogens (tertiary/aromatic N) is 2. The highest BCUT2D eigenvalue weighted by atomic mass is 32.1. The molecule has 2 heterocycles. The van der Waals surface area contributed by atoms with Crippen molar-refractivity contribution in [2.75, 3.05) is 16.8 Å². The van der Waals surface area contributed by atoms with E-state index in [0.717, 1.165) is 54.0 Å². The van der Waals surface area contributed by atoms with Gasteiger partial charge in [-0.1, -0.05) is 19.9 Å². The summed E-state index contributed by atoms with van der Waals surface area (Å²) in [5.41, 5.74) is 4.22. The fraction of sp³-hybridized carbons (Fsp3) is 0.476. The maximum absolute atomic E-state index is 12.4. The smallest absolute Gasteiger partial charge is 0.230 e. The summed E-state index contributed by atoms with van der Waals surface area (Å²) >= 11 is 1.51. The molecule has 1 atom stereocenters. The lowest BCUT2D eigenvalue weighted by Crippen LogP contribution is -2.30. The Bertz CT molecular complexity index is 901. The number of carbonyl (C=O) groups is 2. The van der Waals surface area contributed by atoms with E-state index in [1.54, 1.807) is 0 Å². The van der Waals surface area contributed by atoms with Crippen molar-refractivity contribution in [1.82, 2.24) is 4.98 Å². The van der Waals surface area contributed by atoms with Gasteiger partial charge in [-0.2, -0.15) is 0 Å². The molecule has 27 heavy (non-hydrogen) atoms. The van der Waals surface area contributed by atoms with Crippen molar-refractivity contribution in [3.05, 3.63) is 28.6 Å². The van der Waals surface area contributed by atoms with Gasteiger partial charge >= 0.3 is 0 Å². The Balaban J connectivity index is 1.56. The van der Waals surface area contributed by atoms with Gasteiger partial charge in [0.25, 0.3) is 0 Å². The number of anilines is 2. The number of amides is 2. The molecule has 1 aromatic carbocycles. The molecule has 6 heteroatoms. The molecule has 4 rings (SSSR count). The minimum absolute atomic E-state index is 0.0148. The van der Waals surface area contributed by atoms with Crippen molar-refractivity contribution < 1.29 is 9.59 Å². The van der Waals surface area contributed by atoms with Crippen molar-refractivity contribution in [2.45, 2.75) is 46.5 Å². The first-order valence-electron chi connectivity index (χ1n) is 9.71. The van der Waals surface area contributed by atoms with Crippen LogP contribution in [0.4, 0.5) is 10.8 Å². The number of thiazole rings is 1. The van der Waals surface area contributed by atoms with Crippen LogP contribution in [0.15, 0.2) is 18.2 Å². The Morgan fingerprint density at radius 3 is 2.85 bits per heavy atom. The number of hydrogen-bond acceptors (Lipinski definition) is 4. The Kier molecular flexibility index (Phi) is 4.76. The molecule has 5 nitrogen and oxygen atoms in total. The van der Waals surface area contributed by atoms with Crippen LogP contribution < -0.4 is 10.2 Å². The predicted octanol–water partition coefficient (Wildman–Crippen LogP) is 4.40. The Hall–Kier alpha value is -2.21. The lowest BCUT2D eigenvalue weighted by molar-refractivity contribution is -0.120. The van der Waals surface area contributed by atoms with Gasteiger partial charge in [-0.25, -0.2) is 4.98 Å². The van der Waals surface area contributed by atoms with E-state index in [4.69, 9.17) is 0 Å². The molecule has 1 aliphatic carbocycles. The van der Waals surface area contributed by atoms with E-state index in [-0.39, 0.29) is 23.7 Å². The zero-order valence-corrected chi connectivity index (χ0v) is 16.9. The Morgan fingerprint density at radius 2 is 2.15 bits per heavy atom. The number of aromatic nitrogens is 1. The average molecular weight is 384 g/mol. The van der Waals surface area contributed by atoms with Crippen LogP contribution in [0.2, 0.25) is 0 Å². The standard InChI is InChI=1S/C21H25N3O2S/c1-4-12(2)19(25)23-21-22-18(13(3)27-21)16-7-8-17-15(11-16)9-10-24(17)20(26)14-5-6-14/h7-8,11-12,14H,4-6,9-10H2,1-3H3,(H,22,23,25). The second-order valence-electron chi connectivity index (χ2n) is 7.58. The monoisotopic (exact) mass is 383 g/mol. The molecule has 142 valence electrons. The van der Waals surface area contributed by atoms with Crippen LogP contribution in [0.1, 0.15) is 43.6 Å². The third-order valence-electron chi connectivity index (χ3n) is 5.53. The minimum Gasteiger partial charge on any atom is -0.312 e. The molecular formula is C21H25N3O2S. The summed E-state index contributed by atoms with van der Waals surface area (Å²) in [7, 11) is 0. The molecule has 1 aliphatic heterocycles. The summed E-state index contributed by atoms with van der Waals surface area (Å²) < 4.78 is 0. The summed E-state index contributed by atoms with van der Waals surface area (Å²) in [5.74, 6) is 0.517. The van der Waals surface area contributed by atoms with Gasteiger partial charge in [0.2, 0.25) is 11.8 Å². The van der Waals surface area contributed by atoms with Crippen LogP contribution in [0, 0.1) is 18.8 Å². The van der Waals surface area contributed by atoms with E-state index < -0.39 is 0 Å². The van der Waals surface area contributed by atoms with Gasteiger partial charge in [0.15, 0.2) is 5.13 Å². The lowest BCUT2D eigenvalue weighted by atomic mass is 10.1. The van der Waals surface area contributed by atoms with E-state index in [0.29, 0.717) is 5.13 Å². The fourth-order valence-corrected chi connectivity index (χ4v) is 4.30. The average Bonchev–Trinajstić information content (AvgIpc) is 3.33. The van der Waals surface area contributed by atoms with E-state index in [1.165, 1.54) is 16.9 Å². The lowest BCUT2D eigenvalue weighted by Gasteiger charge is -2.17. The fourth-order valence-electron chi connectivity index (χ4n) is 3.46.